The van der Waals surface area contributed by atoms with E-state index < -0.39 is 0 Å². The quantitative estimate of drug-likeness (QED) is 0.678. The number of aromatic nitrogens is 4. The number of benzene rings is 1. The zero-order valence-electron chi connectivity index (χ0n) is 17.0. The summed E-state index contributed by atoms with van der Waals surface area (Å²) in [6.45, 7) is 11.1. The van der Waals surface area contributed by atoms with Crippen LogP contribution in [0.3, 0.4) is 0 Å². The maximum Gasteiger partial charge on any atom is 0.188 e. The molecule has 1 unspecified atom stereocenters. The molecule has 2 aromatic heterocycles. The van der Waals surface area contributed by atoms with Gasteiger partial charge in [-0.2, -0.15) is 0 Å². The highest BCUT2D eigenvalue weighted by atomic mass is 15.2. The van der Waals surface area contributed by atoms with Crippen molar-refractivity contribution in [3.8, 4) is 11.8 Å². The van der Waals surface area contributed by atoms with E-state index >= 15 is 0 Å². The largest absolute Gasteiger partial charge is 0.373 e. The Labute approximate surface area is 171 Å². The molecule has 1 fully saturated rings. The molecule has 0 radical (unpaired) electrons. The number of fused-ring (bicyclic) bond motifs is 1. The summed E-state index contributed by atoms with van der Waals surface area (Å²) in [5.41, 5.74) is 3.75. The highest BCUT2D eigenvalue weighted by Crippen LogP contribution is 2.24. The van der Waals surface area contributed by atoms with Gasteiger partial charge in [0.15, 0.2) is 22.8 Å². The lowest BCUT2D eigenvalue weighted by Crippen LogP contribution is -2.26. The molecular formula is C23H26N6. The summed E-state index contributed by atoms with van der Waals surface area (Å²) in [6.07, 6.45) is 3.64. The third-order valence-electron chi connectivity index (χ3n) is 5.33. The van der Waals surface area contributed by atoms with E-state index in [2.05, 4.69) is 52.5 Å². The Morgan fingerprint density at radius 3 is 2.79 bits per heavy atom. The standard InChI is InChI=1S/C23H26N6/c1-4-17(3)28-14-13-19(15-28)26-22-21-23(25-16-24-22)29(5-2)20(27-21)12-11-18-9-7-6-8-10-18/h6-10,16,19H,3-5,13-15H2,1-2H3,(H,24,25,26). The number of hydrogen-bond donors (Lipinski definition) is 1. The molecular weight excluding hydrogens is 360 g/mol. The molecule has 1 saturated heterocycles. The highest BCUT2D eigenvalue weighted by molar-refractivity contribution is 5.84. The first-order valence-corrected chi connectivity index (χ1v) is 10.2. The summed E-state index contributed by atoms with van der Waals surface area (Å²) in [5, 5.41) is 3.57. The third kappa shape index (κ3) is 3.95. The van der Waals surface area contributed by atoms with Crippen LogP contribution in [-0.2, 0) is 6.54 Å². The van der Waals surface area contributed by atoms with E-state index in [1.54, 1.807) is 6.33 Å². The van der Waals surface area contributed by atoms with Crippen molar-refractivity contribution < 1.29 is 0 Å². The molecule has 1 N–H and O–H groups in total. The maximum absolute atomic E-state index is 4.78. The van der Waals surface area contributed by atoms with Crippen LogP contribution in [0.25, 0.3) is 11.2 Å². The first kappa shape index (κ1) is 19.0. The van der Waals surface area contributed by atoms with E-state index in [1.165, 1.54) is 5.70 Å². The second-order valence-electron chi connectivity index (χ2n) is 7.19. The van der Waals surface area contributed by atoms with E-state index in [4.69, 9.17) is 4.98 Å². The van der Waals surface area contributed by atoms with Crippen molar-refractivity contribution >= 4 is 17.0 Å². The topological polar surface area (TPSA) is 58.9 Å². The van der Waals surface area contributed by atoms with Crippen LogP contribution in [0.15, 0.2) is 48.9 Å². The normalized spacial score (nSPS) is 15.9. The molecule has 0 bridgehead atoms. The van der Waals surface area contributed by atoms with Gasteiger partial charge in [0.2, 0.25) is 0 Å². The lowest BCUT2D eigenvalue weighted by atomic mass is 10.2. The fourth-order valence-electron chi connectivity index (χ4n) is 3.67. The highest BCUT2D eigenvalue weighted by Gasteiger charge is 2.24. The van der Waals surface area contributed by atoms with Crippen molar-refractivity contribution in [2.24, 2.45) is 0 Å². The Balaban J connectivity index is 1.63. The Bertz CT molecular complexity index is 1070. The van der Waals surface area contributed by atoms with Crippen molar-refractivity contribution in [1.82, 2.24) is 24.4 Å². The number of aryl methyl sites for hydroxylation is 1. The second kappa shape index (κ2) is 8.36. The molecule has 1 atom stereocenters. The molecule has 1 aromatic carbocycles. The number of nitrogens with zero attached hydrogens (tertiary/aromatic N) is 5. The fraction of sp³-hybridized carbons (Fsp3) is 0.348. The van der Waals surface area contributed by atoms with Crippen molar-refractivity contribution in [2.75, 3.05) is 18.4 Å². The van der Waals surface area contributed by atoms with Crippen molar-refractivity contribution in [3.05, 3.63) is 60.3 Å². The Morgan fingerprint density at radius 2 is 2.03 bits per heavy atom. The molecule has 3 heterocycles. The predicted octanol–water partition coefficient (Wildman–Crippen LogP) is 3.66. The van der Waals surface area contributed by atoms with Gasteiger partial charge in [-0.3, -0.25) is 0 Å². The van der Waals surface area contributed by atoms with Gasteiger partial charge in [-0.25, -0.2) is 15.0 Å². The summed E-state index contributed by atoms with van der Waals surface area (Å²) in [7, 11) is 0. The summed E-state index contributed by atoms with van der Waals surface area (Å²) in [4.78, 5) is 16.1. The van der Waals surface area contributed by atoms with Gasteiger partial charge in [-0.1, -0.05) is 37.6 Å². The van der Waals surface area contributed by atoms with E-state index in [1.807, 2.05) is 34.9 Å². The van der Waals surface area contributed by atoms with Gasteiger partial charge in [0.05, 0.1) is 0 Å². The van der Waals surface area contributed by atoms with E-state index in [-0.39, 0.29) is 0 Å². The number of nitrogens with one attached hydrogen (secondary N) is 1. The van der Waals surface area contributed by atoms with Crippen molar-refractivity contribution in [2.45, 2.75) is 39.3 Å². The summed E-state index contributed by atoms with van der Waals surface area (Å²) in [6, 6.07) is 10.3. The van der Waals surface area contributed by atoms with Gasteiger partial charge in [0, 0.05) is 36.9 Å². The van der Waals surface area contributed by atoms with Crippen molar-refractivity contribution in [3.63, 3.8) is 0 Å². The van der Waals surface area contributed by atoms with Crippen LogP contribution < -0.4 is 5.32 Å². The van der Waals surface area contributed by atoms with Crippen LogP contribution in [0.2, 0.25) is 0 Å². The zero-order chi connectivity index (χ0) is 20.2. The minimum absolute atomic E-state index is 0.321. The molecule has 1 aliphatic heterocycles. The second-order valence-corrected chi connectivity index (χ2v) is 7.19. The molecule has 0 saturated carbocycles. The first-order valence-electron chi connectivity index (χ1n) is 10.2. The fourth-order valence-corrected chi connectivity index (χ4v) is 3.67. The van der Waals surface area contributed by atoms with Gasteiger partial charge in [0.1, 0.15) is 6.33 Å². The SMILES string of the molecule is C=C(CC)N1CCC(Nc2ncnc3c2nc(C#Cc2ccccc2)n3CC)C1. The molecule has 6 heteroatoms. The summed E-state index contributed by atoms with van der Waals surface area (Å²) in [5.74, 6) is 7.89. The van der Waals surface area contributed by atoms with Crippen LogP contribution in [0.5, 0.6) is 0 Å². The van der Waals surface area contributed by atoms with Crippen LogP contribution >= 0.6 is 0 Å². The maximum atomic E-state index is 4.78. The molecule has 1 aliphatic rings. The minimum Gasteiger partial charge on any atom is -0.373 e. The number of anilines is 1. The van der Waals surface area contributed by atoms with Gasteiger partial charge in [0.25, 0.3) is 0 Å². The monoisotopic (exact) mass is 386 g/mol. The zero-order valence-corrected chi connectivity index (χ0v) is 17.0. The average molecular weight is 387 g/mol. The average Bonchev–Trinajstić information content (AvgIpc) is 3.37. The molecule has 3 aromatic rings. The molecule has 0 amide bonds. The molecule has 0 spiro atoms. The van der Waals surface area contributed by atoms with Gasteiger partial charge >= 0.3 is 0 Å². The Kier molecular flexibility index (Phi) is 5.48. The van der Waals surface area contributed by atoms with E-state index in [9.17, 15) is 0 Å². The lowest BCUT2D eigenvalue weighted by molar-refractivity contribution is 0.412. The number of rotatable bonds is 5. The Hall–Kier alpha value is -3.33. The van der Waals surface area contributed by atoms with Gasteiger partial charge in [-0.15, -0.1) is 0 Å². The van der Waals surface area contributed by atoms with Gasteiger partial charge in [-0.05, 0) is 37.8 Å². The number of allylic oxidation sites excluding steroid dienone is 1. The predicted molar refractivity (Wildman–Crippen MR) is 116 cm³/mol. The smallest absolute Gasteiger partial charge is 0.188 e. The first-order chi connectivity index (χ1) is 14.2. The third-order valence-corrected chi connectivity index (χ3v) is 5.33. The minimum atomic E-state index is 0.321. The molecule has 29 heavy (non-hydrogen) atoms. The number of likely N-dealkylation sites (tertiary alicyclic amines) is 1. The number of hydrogen-bond acceptors (Lipinski definition) is 5. The van der Waals surface area contributed by atoms with Crippen LogP contribution in [0.4, 0.5) is 5.82 Å². The molecule has 0 aliphatic carbocycles. The Morgan fingerprint density at radius 1 is 1.21 bits per heavy atom. The van der Waals surface area contributed by atoms with E-state index in [0.717, 1.165) is 55.0 Å². The summed E-state index contributed by atoms with van der Waals surface area (Å²) >= 11 is 0. The molecule has 4 rings (SSSR count). The van der Waals surface area contributed by atoms with E-state index in [0.29, 0.717) is 11.9 Å². The molecule has 6 nitrogen and oxygen atoms in total. The number of imidazole rings is 1. The lowest BCUT2D eigenvalue weighted by Gasteiger charge is -2.20. The van der Waals surface area contributed by atoms with Crippen LogP contribution in [0, 0.1) is 11.8 Å². The van der Waals surface area contributed by atoms with Crippen LogP contribution in [0.1, 0.15) is 38.1 Å². The van der Waals surface area contributed by atoms with Crippen molar-refractivity contribution in [1.29, 1.82) is 0 Å². The summed E-state index contributed by atoms with van der Waals surface area (Å²) < 4.78 is 2.04. The molecule has 148 valence electrons. The van der Waals surface area contributed by atoms with Crippen LogP contribution in [-0.4, -0.2) is 43.6 Å². The van der Waals surface area contributed by atoms with Gasteiger partial charge < -0.3 is 14.8 Å².